The van der Waals surface area contributed by atoms with Gasteiger partial charge in [-0.1, -0.05) is 23.2 Å². The molecule has 0 spiro atoms. The lowest BCUT2D eigenvalue weighted by Gasteiger charge is -2.14. The third-order valence-corrected chi connectivity index (χ3v) is 5.45. The van der Waals surface area contributed by atoms with E-state index in [4.69, 9.17) is 23.2 Å². The molecule has 0 unspecified atom stereocenters. The number of rotatable bonds is 5. The topological polar surface area (TPSA) is 118 Å². The molecule has 3 aromatic heterocycles. The fraction of sp³-hybridized carbons (Fsp3) is 0.105. The number of benzene rings is 1. The van der Waals surface area contributed by atoms with Crippen LogP contribution in [0.15, 0.2) is 41.1 Å². The van der Waals surface area contributed by atoms with E-state index in [2.05, 4.69) is 46.8 Å². The van der Waals surface area contributed by atoms with Crippen molar-refractivity contribution in [3.63, 3.8) is 0 Å². The SMILES string of the molecule is CCNC(=O)c1c(NC(=O)c2cc(Cl)nn2-c2ncccc2Cl)c(Br)cc2cn[nH]c12. The minimum Gasteiger partial charge on any atom is -0.352 e. The zero-order valence-corrected chi connectivity index (χ0v) is 19.0. The quantitative estimate of drug-likeness (QED) is 0.363. The Hall–Kier alpha value is -2.95. The minimum absolute atomic E-state index is 0.0823. The van der Waals surface area contributed by atoms with Gasteiger partial charge in [-0.2, -0.15) is 10.2 Å². The fourth-order valence-corrected chi connectivity index (χ4v) is 3.97. The molecule has 4 aromatic rings. The number of halogens is 3. The van der Waals surface area contributed by atoms with Crippen LogP contribution in [0, 0.1) is 0 Å². The number of aromatic amines is 1. The molecular formula is C19H14BrCl2N7O2. The number of H-pyrrole nitrogens is 1. The number of aromatic nitrogens is 5. The molecule has 0 radical (unpaired) electrons. The summed E-state index contributed by atoms with van der Waals surface area (Å²) in [6.07, 6.45) is 3.11. The van der Waals surface area contributed by atoms with E-state index in [0.717, 1.165) is 0 Å². The third-order valence-electron chi connectivity index (χ3n) is 4.34. The average Bonchev–Trinajstić information content (AvgIpc) is 3.35. The Morgan fingerprint density at radius 2 is 2.06 bits per heavy atom. The van der Waals surface area contributed by atoms with Gasteiger partial charge < -0.3 is 10.6 Å². The van der Waals surface area contributed by atoms with Gasteiger partial charge in [0.15, 0.2) is 11.0 Å². The van der Waals surface area contributed by atoms with Crippen LogP contribution in [-0.2, 0) is 0 Å². The van der Waals surface area contributed by atoms with Crippen LogP contribution in [0.5, 0.6) is 0 Å². The normalized spacial score (nSPS) is 11.0. The molecule has 3 N–H and O–H groups in total. The molecule has 0 saturated carbocycles. The Kier molecular flexibility index (Phi) is 5.94. The highest BCUT2D eigenvalue weighted by Gasteiger charge is 2.24. The van der Waals surface area contributed by atoms with Crippen molar-refractivity contribution < 1.29 is 9.59 Å². The number of carbonyl (C=O) groups excluding carboxylic acids is 2. The molecule has 9 nitrogen and oxygen atoms in total. The van der Waals surface area contributed by atoms with Gasteiger partial charge in [-0.15, -0.1) is 0 Å². The van der Waals surface area contributed by atoms with Gasteiger partial charge in [-0.25, -0.2) is 9.67 Å². The van der Waals surface area contributed by atoms with Gasteiger partial charge in [-0.05, 0) is 41.1 Å². The second-order valence-corrected chi connectivity index (χ2v) is 7.98. The smallest absolute Gasteiger partial charge is 0.274 e. The number of nitrogens with zero attached hydrogens (tertiary/aromatic N) is 4. The number of nitrogens with one attached hydrogen (secondary N) is 3. The molecule has 0 fully saturated rings. The van der Waals surface area contributed by atoms with Gasteiger partial charge in [0.25, 0.3) is 11.8 Å². The van der Waals surface area contributed by atoms with Crippen LogP contribution in [0.3, 0.4) is 0 Å². The summed E-state index contributed by atoms with van der Waals surface area (Å²) in [5.41, 5.74) is 1.08. The van der Waals surface area contributed by atoms with Crippen LogP contribution < -0.4 is 10.6 Å². The van der Waals surface area contributed by atoms with Gasteiger partial charge in [0, 0.05) is 28.7 Å². The number of hydrogen-bond donors (Lipinski definition) is 3. The van der Waals surface area contributed by atoms with Crippen molar-refractivity contribution in [2.24, 2.45) is 0 Å². The van der Waals surface area contributed by atoms with E-state index in [1.165, 1.54) is 16.9 Å². The van der Waals surface area contributed by atoms with E-state index < -0.39 is 5.91 Å². The van der Waals surface area contributed by atoms with Crippen molar-refractivity contribution in [1.29, 1.82) is 0 Å². The molecule has 0 saturated heterocycles. The van der Waals surface area contributed by atoms with E-state index in [-0.39, 0.29) is 33.8 Å². The molecule has 3 heterocycles. The second kappa shape index (κ2) is 8.66. The van der Waals surface area contributed by atoms with E-state index in [0.29, 0.717) is 26.9 Å². The molecule has 158 valence electrons. The first-order valence-electron chi connectivity index (χ1n) is 9.02. The van der Waals surface area contributed by atoms with Crippen LogP contribution in [0.1, 0.15) is 27.8 Å². The van der Waals surface area contributed by atoms with E-state index in [9.17, 15) is 9.59 Å². The van der Waals surface area contributed by atoms with E-state index in [1.54, 1.807) is 31.3 Å². The monoisotopic (exact) mass is 521 g/mol. The summed E-state index contributed by atoms with van der Waals surface area (Å²) >= 11 is 15.7. The summed E-state index contributed by atoms with van der Waals surface area (Å²) in [5.74, 6) is -0.688. The number of pyridine rings is 1. The van der Waals surface area contributed by atoms with Crippen LogP contribution in [0.2, 0.25) is 10.2 Å². The molecule has 0 aliphatic carbocycles. The largest absolute Gasteiger partial charge is 0.352 e. The summed E-state index contributed by atoms with van der Waals surface area (Å²) in [7, 11) is 0. The minimum atomic E-state index is -0.564. The summed E-state index contributed by atoms with van der Waals surface area (Å²) in [5, 5.41) is 17.5. The fourth-order valence-electron chi connectivity index (χ4n) is 3.04. The van der Waals surface area contributed by atoms with Gasteiger partial charge in [0.1, 0.15) is 5.69 Å². The highest BCUT2D eigenvalue weighted by atomic mass is 79.9. The number of fused-ring (bicyclic) bond motifs is 1. The van der Waals surface area contributed by atoms with Crippen molar-refractivity contribution in [2.45, 2.75) is 6.92 Å². The summed E-state index contributed by atoms with van der Waals surface area (Å²) in [4.78, 5) is 30.2. The third kappa shape index (κ3) is 4.01. The summed E-state index contributed by atoms with van der Waals surface area (Å²) in [6.45, 7) is 2.21. The van der Waals surface area contributed by atoms with Crippen molar-refractivity contribution >= 4 is 67.5 Å². The molecule has 4 rings (SSSR count). The highest BCUT2D eigenvalue weighted by Crippen LogP contribution is 2.33. The first kappa shape index (κ1) is 21.3. The van der Waals surface area contributed by atoms with Gasteiger partial charge >= 0.3 is 0 Å². The Balaban J connectivity index is 1.80. The molecule has 31 heavy (non-hydrogen) atoms. The highest BCUT2D eigenvalue weighted by molar-refractivity contribution is 9.10. The Morgan fingerprint density at radius 1 is 1.26 bits per heavy atom. The zero-order chi connectivity index (χ0) is 22.1. The molecule has 0 aliphatic heterocycles. The maximum atomic E-state index is 13.2. The number of anilines is 1. The van der Waals surface area contributed by atoms with Crippen molar-refractivity contribution in [2.75, 3.05) is 11.9 Å². The molecule has 2 amide bonds. The first-order valence-corrected chi connectivity index (χ1v) is 10.6. The van der Waals surface area contributed by atoms with Crippen molar-refractivity contribution in [3.8, 4) is 5.82 Å². The standard InChI is InChI=1S/C19H14BrCl2N7O2/c1-2-23-19(31)14-15-9(8-25-27-15)6-10(20)16(14)26-18(30)12-7-13(22)28-29(12)17-11(21)4-3-5-24-17/h3-8H,2H2,1H3,(H,23,31)(H,25,27)(H,26,30). The number of hydrogen-bond acceptors (Lipinski definition) is 5. The van der Waals surface area contributed by atoms with Crippen LogP contribution in [-0.4, -0.2) is 43.3 Å². The van der Waals surface area contributed by atoms with Crippen molar-refractivity contribution in [1.82, 2.24) is 30.3 Å². The summed E-state index contributed by atoms with van der Waals surface area (Å²) < 4.78 is 1.75. The Bertz CT molecular complexity index is 1320. The lowest BCUT2D eigenvalue weighted by atomic mass is 10.1. The van der Waals surface area contributed by atoms with Gasteiger partial charge in [0.05, 0.1) is 28.0 Å². The zero-order valence-electron chi connectivity index (χ0n) is 15.9. The van der Waals surface area contributed by atoms with Gasteiger partial charge in [-0.3, -0.25) is 14.7 Å². The average molecular weight is 523 g/mol. The molecule has 12 heteroatoms. The van der Waals surface area contributed by atoms with Crippen LogP contribution in [0.25, 0.3) is 16.7 Å². The Labute approximate surface area is 194 Å². The maximum Gasteiger partial charge on any atom is 0.274 e. The molecule has 1 aromatic carbocycles. The van der Waals surface area contributed by atoms with Crippen LogP contribution >= 0.6 is 39.1 Å². The molecular weight excluding hydrogens is 509 g/mol. The summed E-state index contributed by atoms with van der Waals surface area (Å²) in [6, 6.07) is 6.41. The van der Waals surface area contributed by atoms with Gasteiger partial charge in [0.2, 0.25) is 0 Å². The molecule has 0 atom stereocenters. The van der Waals surface area contributed by atoms with E-state index in [1.807, 2.05) is 0 Å². The van der Waals surface area contributed by atoms with Crippen LogP contribution in [0.4, 0.5) is 5.69 Å². The van der Waals surface area contributed by atoms with E-state index >= 15 is 0 Å². The number of carbonyl (C=O) groups is 2. The van der Waals surface area contributed by atoms with Crippen molar-refractivity contribution in [3.05, 3.63) is 62.6 Å². The Morgan fingerprint density at radius 3 is 2.81 bits per heavy atom. The first-order chi connectivity index (χ1) is 14.9. The maximum absolute atomic E-state index is 13.2. The lowest BCUT2D eigenvalue weighted by molar-refractivity contribution is 0.0958. The predicted molar refractivity (Wildman–Crippen MR) is 121 cm³/mol. The lowest BCUT2D eigenvalue weighted by Crippen LogP contribution is -2.26. The second-order valence-electron chi connectivity index (χ2n) is 6.33. The predicted octanol–water partition coefficient (Wildman–Crippen LogP) is 4.21. The number of amides is 2. The molecule has 0 bridgehead atoms. The molecule has 0 aliphatic rings.